The van der Waals surface area contributed by atoms with Crippen LogP contribution in [0.15, 0.2) is 109 Å². The molecule has 0 nitrogen and oxygen atoms in total. The van der Waals surface area contributed by atoms with Crippen molar-refractivity contribution in [1.82, 2.24) is 0 Å². The van der Waals surface area contributed by atoms with Crippen LogP contribution in [0.1, 0.15) is 98.4 Å². The van der Waals surface area contributed by atoms with Crippen molar-refractivity contribution >= 4 is 0 Å². The fourth-order valence-electron chi connectivity index (χ4n) is 7.34. The van der Waals surface area contributed by atoms with Crippen molar-refractivity contribution in [3.63, 3.8) is 0 Å². The lowest BCUT2D eigenvalue weighted by Crippen LogP contribution is -2.38. The van der Waals surface area contributed by atoms with Crippen LogP contribution in [-0.2, 0) is 28.6 Å². The fraction of sp³-hybridized carbons (Fsp3) is 0.317. The summed E-state index contributed by atoms with van der Waals surface area (Å²) in [6.07, 6.45) is -3.28. The van der Waals surface area contributed by atoms with E-state index in [-0.39, 0.29) is 10.8 Å². The Morgan fingerprint density at radius 3 is 1.30 bits per heavy atom. The molecule has 4 aromatic rings. The van der Waals surface area contributed by atoms with Gasteiger partial charge in [-0.1, -0.05) is 138 Å². The van der Waals surface area contributed by atoms with Crippen molar-refractivity contribution in [3.05, 3.63) is 153 Å². The zero-order valence-electron chi connectivity index (χ0n) is 27.4. The molecule has 244 valence electrons. The Morgan fingerprint density at radius 1 is 0.511 bits per heavy atom. The van der Waals surface area contributed by atoms with Crippen LogP contribution in [0, 0.1) is 0 Å². The maximum atomic E-state index is 14.4. The third-order valence-electron chi connectivity index (χ3n) is 9.75. The first-order valence-electron chi connectivity index (χ1n) is 15.8. The van der Waals surface area contributed by atoms with Gasteiger partial charge < -0.3 is 0 Å². The molecule has 0 N–H and O–H groups in total. The molecule has 2 aliphatic carbocycles. The number of benzene rings is 4. The maximum absolute atomic E-state index is 14.4. The van der Waals surface area contributed by atoms with E-state index >= 15 is 0 Å². The second-order valence-corrected chi connectivity index (χ2v) is 14.8. The highest BCUT2D eigenvalue weighted by molar-refractivity contribution is 5.83. The molecule has 0 saturated carbocycles. The minimum atomic E-state index is -4.65. The predicted octanol–water partition coefficient (Wildman–Crippen LogP) is 12.3. The van der Waals surface area contributed by atoms with Crippen molar-refractivity contribution in [1.29, 1.82) is 0 Å². The molecule has 0 amide bonds. The van der Waals surface area contributed by atoms with Crippen molar-refractivity contribution in [2.45, 2.75) is 82.5 Å². The SMILES string of the molecule is CC(C)(C)c1ccc2c(c1)C(C(C1=CC=CC1)(c1cccc(C(F)(F)F)c1)c1cccc(C(F)(F)F)c1)c1cc(C(C)(C)C)ccc1-2. The van der Waals surface area contributed by atoms with Crippen LogP contribution in [0.5, 0.6) is 0 Å². The average molecular weight is 645 g/mol. The van der Waals surface area contributed by atoms with Gasteiger partial charge in [-0.25, -0.2) is 0 Å². The van der Waals surface area contributed by atoms with E-state index < -0.39 is 34.8 Å². The molecule has 0 radical (unpaired) electrons. The lowest BCUT2D eigenvalue weighted by Gasteiger charge is -2.44. The molecule has 6 rings (SSSR count). The van der Waals surface area contributed by atoms with Gasteiger partial charge in [-0.3, -0.25) is 0 Å². The molecule has 0 fully saturated rings. The third kappa shape index (κ3) is 5.64. The number of allylic oxidation sites excluding steroid dienone is 4. The van der Waals surface area contributed by atoms with Crippen LogP contribution in [0.4, 0.5) is 26.3 Å². The summed E-state index contributed by atoms with van der Waals surface area (Å²) >= 11 is 0. The number of alkyl halides is 6. The Hall–Kier alpha value is -4.06. The van der Waals surface area contributed by atoms with Gasteiger partial charge in [-0.05, 0) is 73.9 Å². The Labute approximate surface area is 272 Å². The second kappa shape index (κ2) is 11.0. The summed E-state index contributed by atoms with van der Waals surface area (Å²) in [6.45, 7) is 12.6. The van der Waals surface area contributed by atoms with Crippen molar-refractivity contribution < 1.29 is 26.3 Å². The van der Waals surface area contributed by atoms with E-state index in [4.69, 9.17) is 0 Å². The molecule has 0 aliphatic heterocycles. The standard InChI is InChI=1S/C41H38F6/c1-37(2,3)26-17-19-32-33-20-18-27(38(4,5)6)24-35(33)36(34(32)23-26)39(25-11-7-8-12-25,28-13-9-15-30(21-28)40(42,43)44)29-14-10-16-31(22-29)41(45,46)47/h7-11,13-24,36H,12H2,1-6H3. The van der Waals surface area contributed by atoms with Gasteiger partial charge in [0.05, 0.1) is 16.5 Å². The second-order valence-electron chi connectivity index (χ2n) is 14.8. The summed E-state index contributed by atoms with van der Waals surface area (Å²) in [5.41, 5.74) is 3.44. The zero-order chi connectivity index (χ0) is 34.2. The molecule has 0 unspecified atom stereocenters. The third-order valence-corrected chi connectivity index (χ3v) is 9.75. The summed E-state index contributed by atoms with van der Waals surface area (Å²) in [5.74, 6) is -0.629. The number of halogens is 6. The topological polar surface area (TPSA) is 0 Å². The molecule has 0 saturated heterocycles. The molecular formula is C41H38F6. The average Bonchev–Trinajstić information content (AvgIpc) is 3.64. The molecule has 0 aromatic heterocycles. The Balaban J connectivity index is 1.82. The largest absolute Gasteiger partial charge is 0.416 e. The highest BCUT2D eigenvalue weighted by atomic mass is 19.4. The van der Waals surface area contributed by atoms with Crippen LogP contribution in [0.2, 0.25) is 0 Å². The van der Waals surface area contributed by atoms with Gasteiger partial charge in [0.25, 0.3) is 0 Å². The molecule has 4 aromatic carbocycles. The summed E-state index contributed by atoms with van der Waals surface area (Å²) in [4.78, 5) is 0. The van der Waals surface area contributed by atoms with Gasteiger partial charge in [0.15, 0.2) is 0 Å². The molecule has 6 heteroatoms. The van der Waals surface area contributed by atoms with E-state index in [1.54, 1.807) is 12.1 Å². The van der Waals surface area contributed by atoms with Gasteiger partial charge >= 0.3 is 12.4 Å². The summed E-state index contributed by atoms with van der Waals surface area (Å²) < 4.78 is 86.4. The van der Waals surface area contributed by atoms with E-state index in [1.165, 1.54) is 12.1 Å². The fourth-order valence-corrected chi connectivity index (χ4v) is 7.34. The Morgan fingerprint density at radius 2 is 0.936 bits per heavy atom. The maximum Gasteiger partial charge on any atom is 0.416 e. The Kier molecular flexibility index (Phi) is 7.69. The van der Waals surface area contributed by atoms with Gasteiger partial charge in [0.1, 0.15) is 0 Å². The van der Waals surface area contributed by atoms with Crippen LogP contribution in [0.3, 0.4) is 0 Å². The van der Waals surface area contributed by atoms with Crippen molar-refractivity contribution in [2.24, 2.45) is 0 Å². The van der Waals surface area contributed by atoms with Gasteiger partial charge in [0.2, 0.25) is 0 Å². The zero-order valence-corrected chi connectivity index (χ0v) is 27.4. The van der Waals surface area contributed by atoms with Crippen molar-refractivity contribution in [2.75, 3.05) is 0 Å². The number of rotatable bonds is 4. The van der Waals surface area contributed by atoms with Crippen LogP contribution in [0.25, 0.3) is 11.1 Å². The van der Waals surface area contributed by atoms with E-state index in [2.05, 4.69) is 77.9 Å². The first-order chi connectivity index (χ1) is 21.8. The molecule has 0 bridgehead atoms. The molecule has 47 heavy (non-hydrogen) atoms. The first-order valence-corrected chi connectivity index (χ1v) is 15.8. The van der Waals surface area contributed by atoms with E-state index in [0.29, 0.717) is 17.5 Å². The summed E-state index contributed by atoms with van der Waals surface area (Å²) in [6, 6.07) is 22.9. The highest BCUT2D eigenvalue weighted by Crippen LogP contribution is 2.61. The predicted molar refractivity (Wildman–Crippen MR) is 177 cm³/mol. The summed E-state index contributed by atoms with van der Waals surface area (Å²) in [7, 11) is 0. The molecule has 0 spiro atoms. The van der Waals surface area contributed by atoms with Crippen LogP contribution < -0.4 is 0 Å². The van der Waals surface area contributed by atoms with Gasteiger partial charge in [0, 0.05) is 5.92 Å². The summed E-state index contributed by atoms with van der Waals surface area (Å²) in [5, 5.41) is 0. The monoisotopic (exact) mass is 644 g/mol. The number of hydrogen-bond acceptors (Lipinski definition) is 0. The van der Waals surface area contributed by atoms with E-state index in [0.717, 1.165) is 63.2 Å². The molecular weight excluding hydrogens is 606 g/mol. The van der Waals surface area contributed by atoms with Crippen molar-refractivity contribution in [3.8, 4) is 11.1 Å². The minimum absolute atomic E-state index is 0.256. The first kappa shape index (κ1) is 32.9. The number of fused-ring (bicyclic) bond motifs is 3. The lowest BCUT2D eigenvalue weighted by atomic mass is 9.58. The van der Waals surface area contributed by atoms with Gasteiger partial charge in [-0.2, -0.15) is 26.3 Å². The smallest absolute Gasteiger partial charge is 0.166 e. The van der Waals surface area contributed by atoms with Crippen LogP contribution >= 0.6 is 0 Å². The minimum Gasteiger partial charge on any atom is -0.166 e. The van der Waals surface area contributed by atoms with E-state index in [1.807, 2.05) is 18.2 Å². The van der Waals surface area contributed by atoms with E-state index in [9.17, 15) is 26.3 Å². The molecule has 2 aliphatic rings. The quantitative estimate of drug-likeness (QED) is 0.194. The normalized spacial score (nSPS) is 15.5. The molecule has 0 heterocycles. The number of hydrogen-bond donors (Lipinski definition) is 0. The van der Waals surface area contributed by atoms with Gasteiger partial charge in [-0.15, -0.1) is 0 Å². The van der Waals surface area contributed by atoms with Crippen LogP contribution in [-0.4, -0.2) is 0 Å². The Bertz CT molecular complexity index is 1780. The highest BCUT2D eigenvalue weighted by Gasteiger charge is 2.52. The molecule has 0 atom stereocenters. The lowest BCUT2D eigenvalue weighted by molar-refractivity contribution is -0.138.